The van der Waals surface area contributed by atoms with Crippen LogP contribution in [0.25, 0.3) is 0 Å². The van der Waals surface area contributed by atoms with E-state index in [-0.39, 0.29) is 0 Å². The summed E-state index contributed by atoms with van der Waals surface area (Å²) in [5.41, 5.74) is 1.12. The summed E-state index contributed by atoms with van der Waals surface area (Å²) in [7, 11) is 1.94. The third-order valence-corrected chi connectivity index (χ3v) is 4.33. The van der Waals surface area contributed by atoms with E-state index in [0.717, 1.165) is 55.2 Å². The molecule has 0 unspecified atom stereocenters. The molecule has 1 aromatic rings. The van der Waals surface area contributed by atoms with Gasteiger partial charge < -0.3 is 10.2 Å². The fourth-order valence-corrected chi connectivity index (χ4v) is 2.89. The number of hydrogen-bond acceptors (Lipinski definition) is 4. The summed E-state index contributed by atoms with van der Waals surface area (Å²) in [5, 5.41) is 3.89. The van der Waals surface area contributed by atoms with Gasteiger partial charge in [-0.25, -0.2) is 4.98 Å². The molecule has 4 nitrogen and oxygen atoms in total. The van der Waals surface area contributed by atoms with Gasteiger partial charge >= 0.3 is 0 Å². The zero-order valence-corrected chi connectivity index (χ0v) is 12.2. The van der Waals surface area contributed by atoms with Crippen molar-refractivity contribution < 1.29 is 0 Å². The van der Waals surface area contributed by atoms with Gasteiger partial charge in [-0.15, -0.1) is 0 Å². The summed E-state index contributed by atoms with van der Waals surface area (Å²) in [6.07, 6.45) is 4.56. The number of anilines is 1. The summed E-state index contributed by atoms with van der Waals surface area (Å²) in [6, 6.07) is 2.99. The van der Waals surface area contributed by atoms with E-state index in [1.807, 2.05) is 7.05 Å². The average molecular weight is 281 g/mol. The molecule has 1 aromatic heterocycles. The maximum absolute atomic E-state index is 6.16. The molecular weight excluding hydrogens is 260 g/mol. The fourth-order valence-electron chi connectivity index (χ4n) is 2.72. The molecule has 0 spiro atoms. The van der Waals surface area contributed by atoms with Gasteiger partial charge in [-0.2, -0.15) is 0 Å². The third-order valence-electron chi connectivity index (χ3n) is 3.99. The smallest absolute Gasteiger partial charge is 0.128 e. The van der Waals surface area contributed by atoms with Gasteiger partial charge in [-0.05, 0) is 31.5 Å². The molecule has 104 valence electrons. The normalized spacial score (nSPS) is 20.8. The SMILES string of the molecule is CNCc1cc(N2CCN(C3CC3)CC2)ncc1Cl. The Morgan fingerprint density at radius 2 is 2.05 bits per heavy atom. The Balaban J connectivity index is 1.66. The minimum Gasteiger partial charge on any atom is -0.354 e. The van der Waals surface area contributed by atoms with Crippen molar-refractivity contribution in [2.24, 2.45) is 0 Å². The number of halogens is 1. The number of hydrogen-bond donors (Lipinski definition) is 1. The summed E-state index contributed by atoms with van der Waals surface area (Å²) in [6.45, 7) is 5.26. The molecule has 0 bridgehead atoms. The lowest BCUT2D eigenvalue weighted by molar-refractivity contribution is 0.247. The van der Waals surface area contributed by atoms with Gasteiger partial charge in [-0.1, -0.05) is 11.6 Å². The number of pyridine rings is 1. The van der Waals surface area contributed by atoms with Gasteiger partial charge in [0.25, 0.3) is 0 Å². The molecule has 2 aliphatic rings. The maximum Gasteiger partial charge on any atom is 0.128 e. The van der Waals surface area contributed by atoms with Crippen LogP contribution in [0.3, 0.4) is 0 Å². The Hall–Kier alpha value is -0.840. The van der Waals surface area contributed by atoms with Gasteiger partial charge in [0.1, 0.15) is 5.82 Å². The zero-order chi connectivity index (χ0) is 13.2. The van der Waals surface area contributed by atoms with E-state index in [1.54, 1.807) is 6.20 Å². The van der Waals surface area contributed by atoms with Crippen LogP contribution in [-0.2, 0) is 6.54 Å². The second kappa shape index (κ2) is 5.65. The van der Waals surface area contributed by atoms with E-state index in [2.05, 4.69) is 26.2 Å². The van der Waals surface area contributed by atoms with Crippen molar-refractivity contribution >= 4 is 17.4 Å². The molecule has 1 aliphatic heterocycles. The van der Waals surface area contributed by atoms with Crippen LogP contribution in [0.1, 0.15) is 18.4 Å². The molecule has 0 amide bonds. The first-order valence-corrected chi connectivity index (χ1v) is 7.44. The van der Waals surface area contributed by atoms with Crippen molar-refractivity contribution in [3.63, 3.8) is 0 Å². The maximum atomic E-state index is 6.16. The van der Waals surface area contributed by atoms with E-state index in [1.165, 1.54) is 12.8 Å². The third kappa shape index (κ3) is 3.02. The Bertz CT molecular complexity index is 439. The molecule has 1 saturated heterocycles. The zero-order valence-electron chi connectivity index (χ0n) is 11.4. The molecule has 1 saturated carbocycles. The lowest BCUT2D eigenvalue weighted by Gasteiger charge is -2.35. The van der Waals surface area contributed by atoms with Crippen LogP contribution in [0.15, 0.2) is 12.3 Å². The van der Waals surface area contributed by atoms with E-state index < -0.39 is 0 Å². The van der Waals surface area contributed by atoms with Crippen LogP contribution in [0, 0.1) is 0 Å². The number of piperazine rings is 1. The molecule has 2 fully saturated rings. The first kappa shape index (κ1) is 13.2. The predicted octanol–water partition coefficient (Wildman–Crippen LogP) is 1.74. The summed E-state index contributed by atoms with van der Waals surface area (Å²) >= 11 is 6.16. The predicted molar refractivity (Wildman–Crippen MR) is 78.8 cm³/mol. The molecule has 0 radical (unpaired) electrons. The second-order valence-electron chi connectivity index (χ2n) is 5.42. The lowest BCUT2D eigenvalue weighted by atomic mass is 10.2. The van der Waals surface area contributed by atoms with Crippen LogP contribution in [0.2, 0.25) is 5.02 Å². The Kier molecular flexibility index (Phi) is 3.91. The number of rotatable bonds is 4. The largest absolute Gasteiger partial charge is 0.354 e. The minimum atomic E-state index is 0.745. The van der Waals surface area contributed by atoms with Crippen LogP contribution >= 0.6 is 11.6 Å². The van der Waals surface area contributed by atoms with Crippen molar-refractivity contribution in [1.29, 1.82) is 0 Å². The highest BCUT2D eigenvalue weighted by molar-refractivity contribution is 6.31. The average Bonchev–Trinajstić information content (AvgIpc) is 3.26. The van der Waals surface area contributed by atoms with Crippen molar-refractivity contribution in [1.82, 2.24) is 15.2 Å². The Morgan fingerprint density at radius 3 is 2.68 bits per heavy atom. The van der Waals surface area contributed by atoms with Crippen molar-refractivity contribution in [2.45, 2.75) is 25.4 Å². The van der Waals surface area contributed by atoms with Gasteiger partial charge in [0.05, 0.1) is 5.02 Å². The molecule has 1 aliphatic carbocycles. The lowest BCUT2D eigenvalue weighted by Crippen LogP contribution is -2.47. The molecule has 1 N–H and O–H groups in total. The fraction of sp³-hybridized carbons (Fsp3) is 0.643. The molecule has 0 atom stereocenters. The minimum absolute atomic E-state index is 0.745. The summed E-state index contributed by atoms with van der Waals surface area (Å²) in [4.78, 5) is 9.46. The molecule has 0 aromatic carbocycles. The molecule has 19 heavy (non-hydrogen) atoms. The van der Waals surface area contributed by atoms with E-state index >= 15 is 0 Å². The van der Waals surface area contributed by atoms with Crippen LogP contribution in [0.5, 0.6) is 0 Å². The van der Waals surface area contributed by atoms with Gasteiger partial charge in [0.15, 0.2) is 0 Å². The number of aromatic nitrogens is 1. The molecular formula is C14H21ClN4. The van der Waals surface area contributed by atoms with Crippen LogP contribution in [-0.4, -0.2) is 49.2 Å². The standard InChI is InChI=1S/C14H21ClN4/c1-16-9-11-8-14(17-10-13(11)15)19-6-4-18(5-7-19)12-2-3-12/h8,10,12,16H,2-7,9H2,1H3. The molecule has 2 heterocycles. The van der Waals surface area contributed by atoms with Crippen molar-refractivity contribution in [3.8, 4) is 0 Å². The first-order valence-electron chi connectivity index (χ1n) is 7.06. The quantitative estimate of drug-likeness (QED) is 0.910. The monoisotopic (exact) mass is 280 g/mol. The highest BCUT2D eigenvalue weighted by Gasteiger charge is 2.31. The highest BCUT2D eigenvalue weighted by Crippen LogP contribution is 2.28. The van der Waals surface area contributed by atoms with Crippen molar-refractivity contribution in [3.05, 3.63) is 22.8 Å². The Labute approximate surface area is 119 Å². The highest BCUT2D eigenvalue weighted by atomic mass is 35.5. The van der Waals surface area contributed by atoms with E-state index in [9.17, 15) is 0 Å². The second-order valence-corrected chi connectivity index (χ2v) is 5.83. The van der Waals surface area contributed by atoms with Gasteiger partial charge in [0.2, 0.25) is 0 Å². The van der Waals surface area contributed by atoms with Crippen LogP contribution in [0.4, 0.5) is 5.82 Å². The van der Waals surface area contributed by atoms with E-state index in [4.69, 9.17) is 11.6 Å². The van der Waals surface area contributed by atoms with E-state index in [0.29, 0.717) is 0 Å². The topological polar surface area (TPSA) is 31.4 Å². The number of nitrogens with zero attached hydrogens (tertiary/aromatic N) is 3. The molecule has 3 rings (SSSR count). The Morgan fingerprint density at radius 1 is 1.32 bits per heavy atom. The van der Waals surface area contributed by atoms with Crippen LogP contribution < -0.4 is 10.2 Å². The molecule has 5 heteroatoms. The number of nitrogens with one attached hydrogen (secondary N) is 1. The summed E-state index contributed by atoms with van der Waals surface area (Å²) in [5.74, 6) is 1.06. The van der Waals surface area contributed by atoms with Crippen molar-refractivity contribution in [2.75, 3.05) is 38.1 Å². The van der Waals surface area contributed by atoms with Gasteiger partial charge in [0, 0.05) is 45.0 Å². The van der Waals surface area contributed by atoms with Gasteiger partial charge in [-0.3, -0.25) is 4.90 Å². The first-order chi connectivity index (χ1) is 9.28. The summed E-state index contributed by atoms with van der Waals surface area (Å²) < 4.78 is 0.